The third-order valence-electron chi connectivity index (χ3n) is 5.19. The molecule has 4 heterocycles. The molecule has 1 atom stereocenters. The summed E-state index contributed by atoms with van der Waals surface area (Å²) in [6, 6.07) is 4.05. The first-order valence-electron chi connectivity index (χ1n) is 9.59. The number of anilines is 1. The Bertz CT molecular complexity index is 928. The first-order chi connectivity index (χ1) is 13.2. The number of hydrogen-bond donors (Lipinski definition) is 0. The fourth-order valence-electron chi connectivity index (χ4n) is 3.46. The average Bonchev–Trinajstić information content (AvgIpc) is 3.10. The van der Waals surface area contributed by atoms with Gasteiger partial charge in [-0.15, -0.1) is 0 Å². The van der Waals surface area contributed by atoms with Crippen LogP contribution >= 0.6 is 0 Å². The van der Waals surface area contributed by atoms with Gasteiger partial charge in [0.25, 0.3) is 5.89 Å². The van der Waals surface area contributed by atoms with Gasteiger partial charge in [0, 0.05) is 24.6 Å². The monoisotopic (exact) mass is 366 g/mol. The second-order valence-electron chi connectivity index (χ2n) is 7.63. The van der Waals surface area contributed by atoms with E-state index in [-0.39, 0.29) is 12.0 Å². The average molecular weight is 366 g/mol. The Morgan fingerprint density at radius 3 is 2.67 bits per heavy atom. The van der Waals surface area contributed by atoms with E-state index in [9.17, 15) is 0 Å². The van der Waals surface area contributed by atoms with Crippen LogP contribution in [0, 0.1) is 0 Å². The van der Waals surface area contributed by atoms with E-state index >= 15 is 0 Å². The Morgan fingerprint density at radius 1 is 1.07 bits per heavy atom. The van der Waals surface area contributed by atoms with Crippen LogP contribution in [0.25, 0.3) is 11.5 Å². The van der Waals surface area contributed by atoms with Gasteiger partial charge in [0.05, 0.1) is 5.56 Å². The SMILES string of the molecule is CC(C)c1noc([C@@H]2CCCN2c2ccc(-c3nc(C4CC4)no3)cn2)n1. The van der Waals surface area contributed by atoms with E-state index in [4.69, 9.17) is 9.05 Å². The molecule has 8 nitrogen and oxygen atoms in total. The van der Waals surface area contributed by atoms with Crippen LogP contribution in [0.2, 0.25) is 0 Å². The molecule has 2 fully saturated rings. The molecule has 1 saturated carbocycles. The largest absolute Gasteiger partial charge is 0.345 e. The highest BCUT2D eigenvalue weighted by Crippen LogP contribution is 2.39. The van der Waals surface area contributed by atoms with Gasteiger partial charge in [0.2, 0.25) is 5.89 Å². The summed E-state index contributed by atoms with van der Waals surface area (Å²) in [6.07, 6.45) is 6.16. The van der Waals surface area contributed by atoms with Crippen LogP contribution in [0.15, 0.2) is 27.4 Å². The van der Waals surface area contributed by atoms with Crippen molar-refractivity contribution < 1.29 is 9.05 Å². The van der Waals surface area contributed by atoms with Gasteiger partial charge in [0.1, 0.15) is 11.9 Å². The van der Waals surface area contributed by atoms with Crippen molar-refractivity contribution in [3.63, 3.8) is 0 Å². The third-order valence-corrected chi connectivity index (χ3v) is 5.19. The summed E-state index contributed by atoms with van der Waals surface area (Å²) in [5.74, 6) is 4.40. The summed E-state index contributed by atoms with van der Waals surface area (Å²) in [7, 11) is 0. The molecule has 140 valence electrons. The molecular formula is C19H22N6O2. The quantitative estimate of drug-likeness (QED) is 0.672. The Hall–Kier alpha value is -2.77. The van der Waals surface area contributed by atoms with E-state index in [2.05, 4.69) is 44.0 Å². The van der Waals surface area contributed by atoms with E-state index in [1.165, 1.54) is 0 Å². The highest BCUT2D eigenvalue weighted by molar-refractivity contribution is 5.55. The molecular weight excluding hydrogens is 344 g/mol. The van der Waals surface area contributed by atoms with Gasteiger partial charge in [-0.1, -0.05) is 24.2 Å². The standard InChI is InChI=1S/C19H22N6O2/c1-11(2)16-21-19(27-23-16)14-4-3-9-25(14)15-8-7-13(10-20-15)18-22-17(24-26-18)12-5-6-12/h7-8,10-12,14H,3-6,9H2,1-2H3/t14-/m0/s1. The minimum Gasteiger partial charge on any atom is -0.345 e. The maximum Gasteiger partial charge on any atom is 0.259 e. The van der Waals surface area contributed by atoms with Gasteiger partial charge >= 0.3 is 0 Å². The highest BCUT2D eigenvalue weighted by Gasteiger charge is 2.32. The Kier molecular flexibility index (Phi) is 3.91. The lowest BCUT2D eigenvalue weighted by molar-refractivity contribution is 0.349. The van der Waals surface area contributed by atoms with Crippen molar-refractivity contribution in [2.75, 3.05) is 11.4 Å². The van der Waals surface area contributed by atoms with Crippen LogP contribution in [0.5, 0.6) is 0 Å². The minimum absolute atomic E-state index is 0.0771. The number of pyridine rings is 1. The molecule has 0 N–H and O–H groups in total. The molecule has 0 unspecified atom stereocenters. The number of rotatable bonds is 5. The van der Waals surface area contributed by atoms with Gasteiger partial charge in [0.15, 0.2) is 11.6 Å². The number of nitrogens with zero attached hydrogens (tertiary/aromatic N) is 6. The smallest absolute Gasteiger partial charge is 0.259 e. The molecule has 2 aliphatic rings. The molecule has 1 aliphatic carbocycles. The summed E-state index contributed by atoms with van der Waals surface area (Å²) in [6.45, 7) is 5.05. The summed E-state index contributed by atoms with van der Waals surface area (Å²) >= 11 is 0. The van der Waals surface area contributed by atoms with E-state index in [0.29, 0.717) is 17.7 Å². The molecule has 1 saturated heterocycles. The van der Waals surface area contributed by atoms with Crippen molar-refractivity contribution in [2.24, 2.45) is 0 Å². The van der Waals surface area contributed by atoms with Crippen molar-refractivity contribution in [2.45, 2.75) is 57.4 Å². The van der Waals surface area contributed by atoms with Crippen LogP contribution < -0.4 is 4.90 Å². The molecule has 0 aromatic carbocycles. The Labute approximate surface area is 157 Å². The molecule has 3 aromatic rings. The van der Waals surface area contributed by atoms with Crippen molar-refractivity contribution in [3.05, 3.63) is 35.9 Å². The molecule has 1 aliphatic heterocycles. The number of hydrogen-bond acceptors (Lipinski definition) is 8. The van der Waals surface area contributed by atoms with Crippen LogP contribution in [-0.2, 0) is 0 Å². The third kappa shape index (κ3) is 3.09. The second kappa shape index (κ2) is 6.44. The summed E-state index contributed by atoms with van der Waals surface area (Å²) in [5.41, 5.74) is 0.841. The minimum atomic E-state index is 0.0771. The Morgan fingerprint density at radius 2 is 1.96 bits per heavy atom. The summed E-state index contributed by atoms with van der Waals surface area (Å²) < 4.78 is 10.9. The zero-order chi connectivity index (χ0) is 18.4. The van der Waals surface area contributed by atoms with Gasteiger partial charge in [-0.2, -0.15) is 9.97 Å². The predicted molar refractivity (Wildman–Crippen MR) is 97.2 cm³/mol. The van der Waals surface area contributed by atoms with Crippen molar-refractivity contribution in [1.82, 2.24) is 25.3 Å². The molecule has 5 rings (SSSR count). The van der Waals surface area contributed by atoms with Crippen LogP contribution in [0.3, 0.4) is 0 Å². The van der Waals surface area contributed by atoms with E-state index < -0.39 is 0 Å². The molecule has 0 amide bonds. The lowest BCUT2D eigenvalue weighted by atomic mass is 10.2. The predicted octanol–water partition coefficient (Wildman–Crippen LogP) is 3.86. The maximum absolute atomic E-state index is 5.52. The van der Waals surface area contributed by atoms with E-state index in [1.807, 2.05) is 12.1 Å². The number of aromatic nitrogens is 5. The fraction of sp³-hybridized carbons (Fsp3) is 0.526. The van der Waals surface area contributed by atoms with Crippen molar-refractivity contribution >= 4 is 5.82 Å². The summed E-state index contributed by atoms with van der Waals surface area (Å²) in [5, 5.41) is 8.17. The first-order valence-corrected chi connectivity index (χ1v) is 9.59. The van der Waals surface area contributed by atoms with E-state index in [0.717, 1.165) is 55.3 Å². The van der Waals surface area contributed by atoms with Gasteiger partial charge in [-0.25, -0.2) is 4.98 Å². The Balaban J connectivity index is 1.36. The first kappa shape index (κ1) is 16.4. The molecule has 0 radical (unpaired) electrons. The van der Waals surface area contributed by atoms with Gasteiger partial charge in [-0.3, -0.25) is 0 Å². The normalized spacial score (nSPS) is 20.0. The fourth-order valence-corrected chi connectivity index (χ4v) is 3.46. The molecule has 8 heteroatoms. The molecule has 27 heavy (non-hydrogen) atoms. The van der Waals surface area contributed by atoms with Crippen molar-refractivity contribution in [3.8, 4) is 11.5 Å². The lowest BCUT2D eigenvalue weighted by Gasteiger charge is -2.22. The van der Waals surface area contributed by atoms with Crippen LogP contribution in [0.4, 0.5) is 5.82 Å². The van der Waals surface area contributed by atoms with Crippen LogP contribution in [-0.4, -0.2) is 31.8 Å². The van der Waals surface area contributed by atoms with Crippen LogP contribution in [0.1, 0.15) is 74.9 Å². The highest BCUT2D eigenvalue weighted by atomic mass is 16.5. The maximum atomic E-state index is 5.52. The summed E-state index contributed by atoms with van der Waals surface area (Å²) in [4.78, 5) is 15.9. The lowest BCUT2D eigenvalue weighted by Crippen LogP contribution is -2.23. The molecule has 0 bridgehead atoms. The van der Waals surface area contributed by atoms with Gasteiger partial charge in [-0.05, 0) is 37.8 Å². The van der Waals surface area contributed by atoms with E-state index in [1.54, 1.807) is 6.20 Å². The van der Waals surface area contributed by atoms with Gasteiger partial charge < -0.3 is 13.9 Å². The molecule has 3 aromatic heterocycles. The zero-order valence-electron chi connectivity index (χ0n) is 15.5. The topological polar surface area (TPSA) is 94.0 Å². The second-order valence-corrected chi connectivity index (χ2v) is 7.63. The van der Waals surface area contributed by atoms with Crippen molar-refractivity contribution in [1.29, 1.82) is 0 Å². The molecule has 0 spiro atoms. The zero-order valence-corrected chi connectivity index (χ0v) is 15.5.